The number of unbranched alkanes of at least 4 members (excludes halogenated alkanes) is 8. The molecule has 0 aromatic heterocycles. The van der Waals surface area contributed by atoms with Crippen LogP contribution >= 0.6 is 0 Å². The fraction of sp³-hybridized carbons (Fsp3) is 1.00. The molecule has 0 N–H and O–H groups in total. The fourth-order valence-electron chi connectivity index (χ4n) is 3.13. The van der Waals surface area contributed by atoms with Gasteiger partial charge in [0.2, 0.25) is 6.23 Å². The first-order valence-electron chi connectivity index (χ1n) is 9.10. The smallest absolute Gasteiger partial charge is 0.220 e. The summed E-state index contributed by atoms with van der Waals surface area (Å²) in [6, 6.07) is 0. The number of hydrogen-bond acceptors (Lipinski definition) is 1. The van der Waals surface area contributed by atoms with Crippen LogP contribution in [0.2, 0.25) is 0 Å². The van der Waals surface area contributed by atoms with Crippen LogP contribution in [0.15, 0.2) is 0 Å². The maximum atomic E-state index is 5.91. The maximum Gasteiger partial charge on any atom is 0.220 e. The van der Waals surface area contributed by atoms with Gasteiger partial charge in [-0.15, -0.1) is 0 Å². The van der Waals surface area contributed by atoms with Crippen LogP contribution in [-0.2, 0) is 4.74 Å². The molecule has 2 atom stereocenters. The van der Waals surface area contributed by atoms with Gasteiger partial charge in [0, 0.05) is 0 Å². The van der Waals surface area contributed by atoms with Gasteiger partial charge in [0.05, 0.1) is 20.6 Å². The quantitative estimate of drug-likeness (QED) is 0.260. The van der Waals surface area contributed by atoms with Crippen molar-refractivity contribution in [3.8, 4) is 0 Å². The molecule has 1 fully saturated rings. The van der Waals surface area contributed by atoms with E-state index in [1.165, 1.54) is 77.2 Å². The van der Waals surface area contributed by atoms with E-state index in [9.17, 15) is 0 Å². The van der Waals surface area contributed by atoms with E-state index in [4.69, 9.17) is 4.74 Å². The number of quaternary nitrogens is 1. The first-order chi connectivity index (χ1) is 9.61. The highest BCUT2D eigenvalue weighted by molar-refractivity contribution is 4.77. The lowest BCUT2D eigenvalue weighted by Crippen LogP contribution is -2.44. The lowest BCUT2D eigenvalue weighted by atomic mass is 10.1. The van der Waals surface area contributed by atoms with Crippen molar-refractivity contribution in [2.75, 3.05) is 20.6 Å². The van der Waals surface area contributed by atoms with Crippen molar-refractivity contribution in [3.63, 3.8) is 0 Å². The van der Waals surface area contributed by atoms with Gasteiger partial charge in [0.1, 0.15) is 6.10 Å². The maximum absolute atomic E-state index is 5.91. The molecule has 1 aliphatic heterocycles. The van der Waals surface area contributed by atoms with Crippen LogP contribution in [0.5, 0.6) is 0 Å². The first kappa shape index (κ1) is 18.0. The number of nitrogens with zero attached hydrogens (tertiary/aromatic N) is 1. The van der Waals surface area contributed by atoms with Crippen molar-refractivity contribution < 1.29 is 9.22 Å². The second-order valence-electron chi connectivity index (χ2n) is 7.18. The van der Waals surface area contributed by atoms with E-state index >= 15 is 0 Å². The number of epoxide rings is 1. The van der Waals surface area contributed by atoms with Gasteiger partial charge < -0.3 is 9.22 Å². The lowest BCUT2D eigenvalue weighted by molar-refractivity contribution is -0.911. The van der Waals surface area contributed by atoms with Crippen LogP contribution in [0.25, 0.3) is 0 Å². The largest absolute Gasteiger partial charge is 0.314 e. The first-order valence-corrected chi connectivity index (χ1v) is 9.10. The molecule has 120 valence electrons. The van der Waals surface area contributed by atoms with Crippen molar-refractivity contribution in [1.29, 1.82) is 0 Å². The van der Waals surface area contributed by atoms with Gasteiger partial charge >= 0.3 is 0 Å². The molecule has 0 radical (unpaired) electrons. The standard InChI is InChI=1S/C18H38NO/c1-5-7-9-10-11-12-13-14-15-17-18(20-17)19(3,4)16-8-6-2/h17-18H,5-16H2,1-4H3/q+1. The van der Waals surface area contributed by atoms with Crippen LogP contribution in [-0.4, -0.2) is 37.5 Å². The molecule has 2 heteroatoms. The summed E-state index contributed by atoms with van der Waals surface area (Å²) in [4.78, 5) is 0. The van der Waals surface area contributed by atoms with E-state index in [0.29, 0.717) is 12.3 Å². The lowest BCUT2D eigenvalue weighted by Gasteiger charge is -2.27. The molecule has 0 bridgehead atoms. The predicted octanol–water partition coefficient (Wildman–Crippen LogP) is 5.12. The zero-order valence-corrected chi connectivity index (χ0v) is 14.5. The molecule has 1 saturated heterocycles. The Morgan fingerprint density at radius 2 is 1.30 bits per heavy atom. The molecule has 0 aliphatic carbocycles. The van der Waals surface area contributed by atoms with Gasteiger partial charge in [0.15, 0.2) is 0 Å². The monoisotopic (exact) mass is 284 g/mol. The van der Waals surface area contributed by atoms with Crippen LogP contribution in [0.3, 0.4) is 0 Å². The van der Waals surface area contributed by atoms with Gasteiger partial charge in [-0.05, 0) is 12.8 Å². The molecule has 0 amide bonds. The Morgan fingerprint density at radius 1 is 0.750 bits per heavy atom. The predicted molar refractivity (Wildman–Crippen MR) is 87.8 cm³/mol. The highest BCUT2D eigenvalue weighted by atomic mass is 16.6. The molecule has 20 heavy (non-hydrogen) atoms. The molecular formula is C18H38NO+. The van der Waals surface area contributed by atoms with E-state index in [2.05, 4.69) is 27.9 Å². The molecule has 0 spiro atoms. The molecular weight excluding hydrogens is 246 g/mol. The van der Waals surface area contributed by atoms with Crippen molar-refractivity contribution in [2.24, 2.45) is 0 Å². The van der Waals surface area contributed by atoms with E-state index in [1.54, 1.807) is 0 Å². The topological polar surface area (TPSA) is 12.5 Å². The highest BCUT2D eigenvalue weighted by Gasteiger charge is 2.50. The minimum Gasteiger partial charge on any atom is -0.314 e. The van der Waals surface area contributed by atoms with Crippen LogP contribution < -0.4 is 0 Å². The van der Waals surface area contributed by atoms with E-state index in [1.807, 2.05) is 0 Å². The third-order valence-electron chi connectivity index (χ3n) is 4.67. The number of hydrogen-bond donors (Lipinski definition) is 0. The minimum atomic E-state index is 0.492. The SMILES string of the molecule is CCCCCCCCCCC1OC1[N+](C)(C)CCCC. The molecule has 1 rings (SSSR count). The average molecular weight is 285 g/mol. The van der Waals surface area contributed by atoms with Gasteiger partial charge in [-0.1, -0.05) is 71.6 Å². The fourth-order valence-corrected chi connectivity index (χ4v) is 3.13. The van der Waals surface area contributed by atoms with Gasteiger partial charge in [-0.3, -0.25) is 0 Å². The van der Waals surface area contributed by atoms with Crippen molar-refractivity contribution in [3.05, 3.63) is 0 Å². The van der Waals surface area contributed by atoms with E-state index in [0.717, 1.165) is 4.48 Å². The Hall–Kier alpha value is -0.0800. The van der Waals surface area contributed by atoms with E-state index in [-0.39, 0.29) is 0 Å². The normalized spacial score (nSPS) is 22.2. The number of ether oxygens (including phenoxy) is 1. The van der Waals surface area contributed by atoms with Gasteiger partial charge in [-0.2, -0.15) is 0 Å². The van der Waals surface area contributed by atoms with Crippen molar-refractivity contribution in [1.82, 2.24) is 0 Å². The summed E-state index contributed by atoms with van der Waals surface area (Å²) in [5.74, 6) is 0. The molecule has 0 aromatic rings. The van der Waals surface area contributed by atoms with Crippen molar-refractivity contribution in [2.45, 2.75) is 96.8 Å². The average Bonchev–Trinajstić information content (AvgIpc) is 3.20. The Balaban J connectivity index is 1.94. The summed E-state index contributed by atoms with van der Waals surface area (Å²) < 4.78 is 6.98. The van der Waals surface area contributed by atoms with Crippen molar-refractivity contribution >= 4 is 0 Å². The molecule has 0 saturated carbocycles. The van der Waals surface area contributed by atoms with E-state index < -0.39 is 0 Å². The summed E-state index contributed by atoms with van der Waals surface area (Å²) in [6.07, 6.45) is 16.2. The third kappa shape index (κ3) is 7.08. The molecule has 1 aliphatic rings. The van der Waals surface area contributed by atoms with Crippen LogP contribution in [0.4, 0.5) is 0 Å². The molecule has 0 aromatic carbocycles. The Kier molecular flexibility index (Phi) is 8.79. The van der Waals surface area contributed by atoms with Gasteiger partial charge in [-0.25, -0.2) is 0 Å². The molecule has 2 nitrogen and oxygen atoms in total. The zero-order valence-electron chi connectivity index (χ0n) is 14.5. The summed E-state index contributed by atoms with van der Waals surface area (Å²) >= 11 is 0. The van der Waals surface area contributed by atoms with Gasteiger partial charge in [0.25, 0.3) is 0 Å². The summed E-state index contributed by atoms with van der Waals surface area (Å²) in [5, 5.41) is 0. The highest BCUT2D eigenvalue weighted by Crippen LogP contribution is 2.33. The number of likely N-dealkylation sites (N-methyl/N-ethyl adjacent to an activating group) is 1. The zero-order chi connectivity index (χ0) is 14.8. The minimum absolute atomic E-state index is 0.492. The summed E-state index contributed by atoms with van der Waals surface area (Å²) in [6.45, 7) is 5.81. The van der Waals surface area contributed by atoms with Crippen LogP contribution in [0, 0.1) is 0 Å². The van der Waals surface area contributed by atoms with Crippen LogP contribution in [0.1, 0.15) is 84.5 Å². The summed E-state index contributed by atoms with van der Waals surface area (Å²) in [5.41, 5.74) is 0. The Labute approximate surface area is 127 Å². The Bertz CT molecular complexity index is 240. The Morgan fingerprint density at radius 3 is 1.90 bits per heavy atom. The molecule has 2 unspecified atom stereocenters. The second-order valence-corrected chi connectivity index (χ2v) is 7.18. The second kappa shape index (κ2) is 9.78. The molecule has 1 heterocycles. The third-order valence-corrected chi connectivity index (χ3v) is 4.67. The number of rotatable bonds is 13. The summed E-state index contributed by atoms with van der Waals surface area (Å²) in [7, 11) is 4.65.